The van der Waals surface area contributed by atoms with Crippen molar-refractivity contribution in [2.24, 2.45) is 0 Å². The molecule has 1 aliphatic rings. The van der Waals surface area contributed by atoms with Crippen LogP contribution < -0.4 is 20.9 Å². The Balaban J connectivity index is 1.32. The molecule has 0 saturated carbocycles. The number of hydrogen-bond acceptors (Lipinski definition) is 7. The van der Waals surface area contributed by atoms with Crippen LogP contribution in [0, 0.1) is 0 Å². The van der Waals surface area contributed by atoms with Crippen molar-refractivity contribution < 1.29 is 9.59 Å². The van der Waals surface area contributed by atoms with Crippen LogP contribution in [-0.4, -0.2) is 72.5 Å². The van der Waals surface area contributed by atoms with E-state index in [1.54, 1.807) is 12.3 Å². The predicted octanol–water partition coefficient (Wildman–Crippen LogP) is 2.45. The van der Waals surface area contributed by atoms with Gasteiger partial charge in [-0.2, -0.15) is 0 Å². The quantitative estimate of drug-likeness (QED) is 0.410. The van der Waals surface area contributed by atoms with Crippen LogP contribution >= 0.6 is 0 Å². The van der Waals surface area contributed by atoms with E-state index in [9.17, 15) is 9.59 Å². The van der Waals surface area contributed by atoms with E-state index in [4.69, 9.17) is 0 Å². The summed E-state index contributed by atoms with van der Waals surface area (Å²) in [6.45, 7) is 6.34. The molecule has 4 rings (SSSR count). The summed E-state index contributed by atoms with van der Waals surface area (Å²) in [4.78, 5) is 37.2. The minimum absolute atomic E-state index is 0.0649. The van der Waals surface area contributed by atoms with Crippen LogP contribution in [0.15, 0.2) is 66.9 Å². The predicted molar refractivity (Wildman–Crippen MR) is 138 cm³/mol. The summed E-state index contributed by atoms with van der Waals surface area (Å²) >= 11 is 0. The molecule has 1 fully saturated rings. The summed E-state index contributed by atoms with van der Waals surface area (Å²) in [6.07, 6.45) is 1.64. The Morgan fingerprint density at radius 3 is 2.43 bits per heavy atom. The van der Waals surface area contributed by atoms with Crippen molar-refractivity contribution in [1.29, 1.82) is 0 Å². The molecule has 9 nitrogen and oxygen atoms in total. The van der Waals surface area contributed by atoms with Crippen LogP contribution in [0.2, 0.25) is 0 Å². The van der Waals surface area contributed by atoms with Crippen LogP contribution in [-0.2, 0) is 9.59 Å². The first-order valence-electron chi connectivity index (χ1n) is 11.8. The molecular formula is C26H31N7O2. The number of benzene rings is 2. The van der Waals surface area contributed by atoms with Gasteiger partial charge in [0.15, 0.2) is 5.82 Å². The first-order valence-corrected chi connectivity index (χ1v) is 11.8. The van der Waals surface area contributed by atoms with Crippen LogP contribution in [0.1, 0.15) is 6.92 Å². The molecule has 0 radical (unpaired) electrons. The molecule has 0 spiro atoms. The minimum Gasteiger partial charge on any atom is -0.383 e. The molecule has 0 unspecified atom stereocenters. The van der Waals surface area contributed by atoms with Gasteiger partial charge >= 0.3 is 0 Å². The highest BCUT2D eigenvalue weighted by atomic mass is 16.2. The number of aromatic nitrogens is 2. The van der Waals surface area contributed by atoms with Crippen molar-refractivity contribution in [3.8, 4) is 11.4 Å². The van der Waals surface area contributed by atoms with Gasteiger partial charge in [-0.1, -0.05) is 30.3 Å². The Bertz CT molecular complexity index is 1130. The zero-order valence-corrected chi connectivity index (χ0v) is 19.9. The maximum atomic E-state index is 12.7. The topological polar surface area (TPSA) is 102 Å². The molecule has 3 aromatic rings. The third kappa shape index (κ3) is 7.00. The number of para-hydroxylation sites is 2. The fourth-order valence-corrected chi connectivity index (χ4v) is 4.01. The smallest absolute Gasteiger partial charge is 0.239 e. The van der Waals surface area contributed by atoms with Gasteiger partial charge in [0, 0.05) is 69.3 Å². The molecule has 9 heteroatoms. The lowest BCUT2D eigenvalue weighted by molar-refractivity contribution is -0.119. The average Bonchev–Trinajstić information content (AvgIpc) is 2.88. The summed E-state index contributed by atoms with van der Waals surface area (Å²) in [5.41, 5.74) is 2.90. The van der Waals surface area contributed by atoms with Gasteiger partial charge in [0.05, 0.1) is 6.54 Å². The molecule has 182 valence electrons. The molecule has 1 aliphatic heterocycles. The van der Waals surface area contributed by atoms with Gasteiger partial charge in [0.25, 0.3) is 0 Å². The first kappa shape index (κ1) is 24.2. The fourth-order valence-electron chi connectivity index (χ4n) is 4.01. The Morgan fingerprint density at radius 2 is 1.66 bits per heavy atom. The van der Waals surface area contributed by atoms with Crippen LogP contribution in [0.3, 0.4) is 0 Å². The first-order chi connectivity index (χ1) is 17.1. The number of carbonyl (C=O) groups is 2. The highest BCUT2D eigenvalue weighted by Crippen LogP contribution is 2.25. The van der Waals surface area contributed by atoms with E-state index in [1.807, 2.05) is 42.5 Å². The van der Waals surface area contributed by atoms with Crippen LogP contribution in [0.5, 0.6) is 0 Å². The largest absolute Gasteiger partial charge is 0.383 e. The fraction of sp³-hybridized carbons (Fsp3) is 0.308. The van der Waals surface area contributed by atoms with E-state index in [2.05, 4.69) is 47.9 Å². The van der Waals surface area contributed by atoms with E-state index >= 15 is 0 Å². The molecule has 2 heterocycles. The van der Waals surface area contributed by atoms with Crippen molar-refractivity contribution in [3.63, 3.8) is 0 Å². The van der Waals surface area contributed by atoms with Crippen molar-refractivity contribution in [1.82, 2.24) is 20.2 Å². The van der Waals surface area contributed by atoms with Crippen molar-refractivity contribution >= 4 is 29.0 Å². The Morgan fingerprint density at radius 1 is 0.914 bits per heavy atom. The summed E-state index contributed by atoms with van der Waals surface area (Å²) in [7, 11) is 0. The Hall–Kier alpha value is -3.98. The SMILES string of the molecule is CC(=O)NCCNc1ccccc1-c1nccc(NC(=O)CN2CCN(c3ccccc3)CC2)n1. The number of nitrogens with zero attached hydrogens (tertiary/aromatic N) is 4. The zero-order chi connectivity index (χ0) is 24.5. The lowest BCUT2D eigenvalue weighted by Gasteiger charge is -2.35. The van der Waals surface area contributed by atoms with Gasteiger partial charge in [-0.15, -0.1) is 0 Å². The molecule has 1 saturated heterocycles. The average molecular weight is 474 g/mol. The minimum atomic E-state index is -0.0930. The number of amides is 2. The summed E-state index contributed by atoms with van der Waals surface area (Å²) < 4.78 is 0. The second-order valence-electron chi connectivity index (χ2n) is 8.37. The normalized spacial score (nSPS) is 13.8. The molecule has 0 bridgehead atoms. The summed E-state index contributed by atoms with van der Waals surface area (Å²) in [5, 5.41) is 8.98. The third-order valence-electron chi connectivity index (χ3n) is 5.77. The maximum absolute atomic E-state index is 12.7. The van der Waals surface area contributed by atoms with E-state index in [1.165, 1.54) is 12.6 Å². The standard InChI is InChI=1S/C26H31N7O2/c1-20(34)27-13-14-28-23-10-6-5-9-22(23)26-29-12-11-24(31-26)30-25(35)19-32-15-17-33(18-16-32)21-7-3-2-4-8-21/h2-12,28H,13-19H2,1H3,(H,27,34)(H,29,30,31,35). The van der Waals surface area contributed by atoms with Gasteiger partial charge in [0.1, 0.15) is 5.82 Å². The van der Waals surface area contributed by atoms with Crippen molar-refractivity contribution in [3.05, 3.63) is 66.9 Å². The number of carbonyl (C=O) groups excluding carboxylic acids is 2. The second-order valence-corrected chi connectivity index (χ2v) is 8.37. The zero-order valence-electron chi connectivity index (χ0n) is 19.9. The number of hydrogen-bond donors (Lipinski definition) is 3. The number of anilines is 3. The van der Waals surface area contributed by atoms with Gasteiger partial charge in [-0.3, -0.25) is 14.5 Å². The number of rotatable bonds is 9. The lowest BCUT2D eigenvalue weighted by atomic mass is 10.1. The van der Waals surface area contributed by atoms with E-state index in [-0.39, 0.29) is 11.8 Å². The summed E-state index contributed by atoms with van der Waals surface area (Å²) in [6, 6.07) is 19.7. The molecule has 0 aliphatic carbocycles. The van der Waals surface area contributed by atoms with E-state index in [0.29, 0.717) is 31.3 Å². The molecule has 2 aromatic carbocycles. The highest BCUT2D eigenvalue weighted by Gasteiger charge is 2.19. The van der Waals surface area contributed by atoms with Gasteiger partial charge in [-0.25, -0.2) is 9.97 Å². The molecule has 35 heavy (non-hydrogen) atoms. The van der Waals surface area contributed by atoms with Gasteiger partial charge in [0.2, 0.25) is 11.8 Å². The molecule has 3 N–H and O–H groups in total. The lowest BCUT2D eigenvalue weighted by Crippen LogP contribution is -2.48. The van der Waals surface area contributed by atoms with Gasteiger partial charge < -0.3 is 20.9 Å². The van der Waals surface area contributed by atoms with E-state index < -0.39 is 0 Å². The molecule has 0 atom stereocenters. The number of piperazine rings is 1. The molecule has 1 aromatic heterocycles. The van der Waals surface area contributed by atoms with Crippen LogP contribution in [0.4, 0.5) is 17.2 Å². The van der Waals surface area contributed by atoms with Gasteiger partial charge in [-0.05, 0) is 30.3 Å². The monoisotopic (exact) mass is 473 g/mol. The maximum Gasteiger partial charge on any atom is 0.239 e. The molecule has 2 amide bonds. The third-order valence-corrected chi connectivity index (χ3v) is 5.77. The Labute approximate surface area is 205 Å². The summed E-state index contributed by atoms with van der Waals surface area (Å²) in [5.74, 6) is 0.826. The van der Waals surface area contributed by atoms with Crippen molar-refractivity contribution in [2.75, 3.05) is 61.3 Å². The Kier molecular flexibility index (Phi) is 8.24. The van der Waals surface area contributed by atoms with Crippen molar-refractivity contribution in [2.45, 2.75) is 6.92 Å². The van der Waals surface area contributed by atoms with E-state index in [0.717, 1.165) is 37.4 Å². The van der Waals surface area contributed by atoms with Crippen LogP contribution in [0.25, 0.3) is 11.4 Å². The highest BCUT2D eigenvalue weighted by molar-refractivity contribution is 5.91. The number of nitrogens with one attached hydrogen (secondary N) is 3. The molecular weight excluding hydrogens is 442 g/mol. The second kappa shape index (κ2) is 11.9.